The van der Waals surface area contributed by atoms with E-state index < -0.39 is 0 Å². The summed E-state index contributed by atoms with van der Waals surface area (Å²) in [6.07, 6.45) is 3.95. The molecule has 2 rings (SSSR count). The van der Waals surface area contributed by atoms with Gasteiger partial charge in [-0.05, 0) is 32.1 Å². The van der Waals surface area contributed by atoms with Crippen LogP contribution >= 0.6 is 0 Å². The molecule has 5 nitrogen and oxygen atoms in total. The zero-order valence-corrected chi connectivity index (χ0v) is 11.8. The Kier molecular flexibility index (Phi) is 4.96. The number of nitrogens with zero attached hydrogens (tertiary/aromatic N) is 2. The Morgan fingerprint density at radius 2 is 2.05 bits per heavy atom. The summed E-state index contributed by atoms with van der Waals surface area (Å²) in [6.45, 7) is 6.36. The second kappa shape index (κ2) is 6.70. The number of rotatable bonds is 5. The van der Waals surface area contributed by atoms with Crippen molar-refractivity contribution in [2.75, 3.05) is 25.6 Å². The third-order valence-electron chi connectivity index (χ3n) is 3.46. The normalized spacial score (nSPS) is 16.5. The van der Waals surface area contributed by atoms with Crippen LogP contribution in [0.5, 0.6) is 5.88 Å². The molecule has 1 fully saturated rings. The van der Waals surface area contributed by atoms with Gasteiger partial charge in [-0.3, -0.25) is 0 Å². The molecule has 1 saturated heterocycles. The van der Waals surface area contributed by atoms with Crippen LogP contribution in [0, 0.1) is 12.8 Å². The van der Waals surface area contributed by atoms with E-state index in [4.69, 9.17) is 15.2 Å². The van der Waals surface area contributed by atoms with Gasteiger partial charge in [0, 0.05) is 19.6 Å². The number of aromatic nitrogens is 2. The van der Waals surface area contributed by atoms with Gasteiger partial charge >= 0.3 is 0 Å². The second-order valence-corrected chi connectivity index (χ2v) is 5.07. The monoisotopic (exact) mass is 265 g/mol. The van der Waals surface area contributed by atoms with Crippen LogP contribution in [0.4, 0.5) is 5.82 Å². The summed E-state index contributed by atoms with van der Waals surface area (Å²) in [5.74, 6) is 2.49. The summed E-state index contributed by atoms with van der Waals surface area (Å²) in [5.41, 5.74) is 6.75. The molecule has 0 amide bonds. The van der Waals surface area contributed by atoms with E-state index in [-0.39, 0.29) is 0 Å². The minimum absolute atomic E-state index is 0.528. The van der Waals surface area contributed by atoms with E-state index in [2.05, 4.69) is 16.9 Å². The molecule has 0 aliphatic carbocycles. The summed E-state index contributed by atoms with van der Waals surface area (Å²) >= 11 is 0. The first-order valence-corrected chi connectivity index (χ1v) is 7.04. The molecule has 19 heavy (non-hydrogen) atoms. The lowest BCUT2D eigenvalue weighted by molar-refractivity contribution is 0.0489. The molecule has 106 valence electrons. The van der Waals surface area contributed by atoms with Crippen molar-refractivity contribution < 1.29 is 9.47 Å². The van der Waals surface area contributed by atoms with Gasteiger partial charge in [-0.25, -0.2) is 4.98 Å². The summed E-state index contributed by atoms with van der Waals surface area (Å²) in [7, 11) is 0. The third kappa shape index (κ3) is 3.80. The molecule has 0 unspecified atom stereocenters. The van der Waals surface area contributed by atoms with Crippen molar-refractivity contribution in [1.29, 1.82) is 0 Å². The molecule has 0 atom stereocenters. The van der Waals surface area contributed by atoms with Gasteiger partial charge in [-0.1, -0.05) is 6.92 Å². The van der Waals surface area contributed by atoms with Gasteiger partial charge in [0.1, 0.15) is 11.6 Å². The average molecular weight is 265 g/mol. The topological polar surface area (TPSA) is 70.3 Å². The third-order valence-corrected chi connectivity index (χ3v) is 3.46. The highest BCUT2D eigenvalue weighted by molar-refractivity contribution is 5.44. The van der Waals surface area contributed by atoms with Crippen molar-refractivity contribution in [3.8, 4) is 5.88 Å². The summed E-state index contributed by atoms with van der Waals surface area (Å²) in [5, 5.41) is 0. The van der Waals surface area contributed by atoms with E-state index in [0.29, 0.717) is 24.2 Å². The maximum atomic E-state index is 5.91. The van der Waals surface area contributed by atoms with Gasteiger partial charge < -0.3 is 15.2 Å². The standard InChI is InChI=1S/C14H23N3O2/c1-3-4-12-16-13(15)10(2)14(17-12)19-9-11-5-7-18-8-6-11/h11H,3-9H2,1-2H3,(H2,15,16,17). The Labute approximate surface area is 114 Å². The first kappa shape index (κ1) is 14.1. The van der Waals surface area contributed by atoms with Crippen molar-refractivity contribution in [3.63, 3.8) is 0 Å². The van der Waals surface area contributed by atoms with Crippen molar-refractivity contribution in [2.45, 2.75) is 39.5 Å². The minimum atomic E-state index is 0.528. The van der Waals surface area contributed by atoms with Gasteiger partial charge in [0.2, 0.25) is 5.88 Å². The quantitative estimate of drug-likeness (QED) is 0.883. The number of ether oxygens (including phenoxy) is 2. The van der Waals surface area contributed by atoms with E-state index in [1.165, 1.54) is 0 Å². The fraction of sp³-hybridized carbons (Fsp3) is 0.714. The van der Waals surface area contributed by atoms with Crippen LogP contribution in [0.2, 0.25) is 0 Å². The van der Waals surface area contributed by atoms with Crippen LogP contribution < -0.4 is 10.5 Å². The fourth-order valence-electron chi connectivity index (χ4n) is 2.14. The molecule has 0 spiro atoms. The van der Waals surface area contributed by atoms with E-state index in [0.717, 1.165) is 50.3 Å². The zero-order valence-electron chi connectivity index (χ0n) is 11.8. The van der Waals surface area contributed by atoms with Crippen LogP contribution in [-0.2, 0) is 11.2 Å². The predicted octanol–water partition coefficient (Wildman–Crippen LogP) is 2.13. The molecule has 0 bridgehead atoms. The molecule has 0 radical (unpaired) electrons. The van der Waals surface area contributed by atoms with Gasteiger partial charge in [-0.15, -0.1) is 0 Å². The molecule has 5 heteroatoms. The average Bonchev–Trinajstić information content (AvgIpc) is 2.42. The van der Waals surface area contributed by atoms with Crippen LogP contribution in [0.3, 0.4) is 0 Å². The first-order valence-electron chi connectivity index (χ1n) is 7.04. The van der Waals surface area contributed by atoms with E-state index in [1.807, 2.05) is 6.92 Å². The lowest BCUT2D eigenvalue weighted by Gasteiger charge is -2.22. The smallest absolute Gasteiger partial charge is 0.221 e. The highest BCUT2D eigenvalue weighted by Crippen LogP contribution is 2.22. The molecule has 0 aromatic carbocycles. The largest absolute Gasteiger partial charge is 0.477 e. The van der Waals surface area contributed by atoms with Crippen molar-refractivity contribution in [2.24, 2.45) is 5.92 Å². The minimum Gasteiger partial charge on any atom is -0.477 e. The van der Waals surface area contributed by atoms with Crippen LogP contribution in [0.15, 0.2) is 0 Å². The molecular weight excluding hydrogens is 242 g/mol. The van der Waals surface area contributed by atoms with Crippen molar-refractivity contribution in [3.05, 3.63) is 11.4 Å². The molecule has 1 aromatic heterocycles. The van der Waals surface area contributed by atoms with Crippen LogP contribution in [0.25, 0.3) is 0 Å². The number of aryl methyl sites for hydroxylation is 1. The Morgan fingerprint density at radius 3 is 2.74 bits per heavy atom. The maximum Gasteiger partial charge on any atom is 0.221 e. The predicted molar refractivity (Wildman–Crippen MR) is 74.2 cm³/mol. The molecule has 1 aliphatic heterocycles. The van der Waals surface area contributed by atoms with E-state index in [9.17, 15) is 0 Å². The zero-order chi connectivity index (χ0) is 13.7. The molecule has 1 aliphatic rings. The molecule has 1 aromatic rings. The van der Waals surface area contributed by atoms with Crippen LogP contribution in [-0.4, -0.2) is 29.8 Å². The van der Waals surface area contributed by atoms with Crippen molar-refractivity contribution >= 4 is 5.82 Å². The maximum absolute atomic E-state index is 5.91. The number of hydrogen-bond acceptors (Lipinski definition) is 5. The molecule has 2 N–H and O–H groups in total. The lowest BCUT2D eigenvalue weighted by atomic mass is 10.0. The van der Waals surface area contributed by atoms with Gasteiger partial charge in [0.05, 0.1) is 12.2 Å². The van der Waals surface area contributed by atoms with E-state index >= 15 is 0 Å². The summed E-state index contributed by atoms with van der Waals surface area (Å²) in [4.78, 5) is 8.75. The Balaban J connectivity index is 2.01. The Bertz CT molecular complexity index is 417. The Morgan fingerprint density at radius 1 is 1.32 bits per heavy atom. The van der Waals surface area contributed by atoms with Crippen LogP contribution in [0.1, 0.15) is 37.6 Å². The summed E-state index contributed by atoms with van der Waals surface area (Å²) < 4.78 is 11.2. The summed E-state index contributed by atoms with van der Waals surface area (Å²) in [6, 6.07) is 0. The SMILES string of the molecule is CCCc1nc(N)c(C)c(OCC2CCOCC2)n1. The van der Waals surface area contributed by atoms with Gasteiger partial charge in [0.15, 0.2) is 0 Å². The highest BCUT2D eigenvalue weighted by Gasteiger charge is 2.16. The molecule has 2 heterocycles. The number of anilines is 1. The number of nitrogen functional groups attached to an aromatic ring is 1. The highest BCUT2D eigenvalue weighted by atomic mass is 16.5. The Hall–Kier alpha value is -1.36. The fourth-order valence-corrected chi connectivity index (χ4v) is 2.14. The number of nitrogens with two attached hydrogens (primary N) is 1. The second-order valence-electron chi connectivity index (χ2n) is 5.07. The molecular formula is C14H23N3O2. The van der Waals surface area contributed by atoms with Gasteiger partial charge in [0.25, 0.3) is 0 Å². The lowest BCUT2D eigenvalue weighted by Crippen LogP contribution is -2.22. The molecule has 0 saturated carbocycles. The first-order chi connectivity index (χ1) is 9.20. The van der Waals surface area contributed by atoms with Crippen molar-refractivity contribution in [1.82, 2.24) is 9.97 Å². The number of hydrogen-bond donors (Lipinski definition) is 1. The van der Waals surface area contributed by atoms with E-state index in [1.54, 1.807) is 0 Å². The van der Waals surface area contributed by atoms with Gasteiger partial charge in [-0.2, -0.15) is 4.98 Å².